The van der Waals surface area contributed by atoms with Gasteiger partial charge in [-0.1, -0.05) is 0 Å². The topological polar surface area (TPSA) is 75.2 Å². The fourth-order valence-electron chi connectivity index (χ4n) is 2.22. The summed E-state index contributed by atoms with van der Waals surface area (Å²) in [5, 5.41) is 9.04. The third kappa shape index (κ3) is 3.30. The van der Waals surface area contributed by atoms with Gasteiger partial charge in [-0.25, -0.2) is 4.98 Å². The SMILES string of the molecule is Cc1nc(OC2CCC(CO)CC2)cc(=O)[nH]1. The van der Waals surface area contributed by atoms with Crippen LogP contribution >= 0.6 is 0 Å². The quantitative estimate of drug-likeness (QED) is 0.824. The number of hydrogen-bond acceptors (Lipinski definition) is 4. The lowest BCUT2D eigenvalue weighted by molar-refractivity contribution is 0.100. The van der Waals surface area contributed by atoms with Crippen molar-refractivity contribution in [2.45, 2.75) is 38.7 Å². The molecule has 1 saturated carbocycles. The van der Waals surface area contributed by atoms with Crippen molar-refractivity contribution in [2.75, 3.05) is 6.61 Å². The highest BCUT2D eigenvalue weighted by atomic mass is 16.5. The second-order valence-corrected chi connectivity index (χ2v) is 4.61. The summed E-state index contributed by atoms with van der Waals surface area (Å²) in [4.78, 5) is 18.0. The van der Waals surface area contributed by atoms with Gasteiger partial charge >= 0.3 is 0 Å². The van der Waals surface area contributed by atoms with Crippen LogP contribution < -0.4 is 10.3 Å². The first-order valence-corrected chi connectivity index (χ1v) is 6.03. The molecule has 1 heterocycles. The molecule has 94 valence electrons. The van der Waals surface area contributed by atoms with Crippen molar-refractivity contribution in [1.82, 2.24) is 9.97 Å². The fraction of sp³-hybridized carbons (Fsp3) is 0.667. The molecular weight excluding hydrogens is 220 g/mol. The molecule has 1 aromatic heterocycles. The van der Waals surface area contributed by atoms with Crippen molar-refractivity contribution in [1.29, 1.82) is 0 Å². The minimum absolute atomic E-state index is 0.117. The fourth-order valence-corrected chi connectivity index (χ4v) is 2.22. The van der Waals surface area contributed by atoms with Crippen LogP contribution in [-0.4, -0.2) is 27.8 Å². The number of hydrogen-bond donors (Lipinski definition) is 2. The summed E-state index contributed by atoms with van der Waals surface area (Å²) >= 11 is 0. The first-order chi connectivity index (χ1) is 8.17. The lowest BCUT2D eigenvalue weighted by Crippen LogP contribution is -2.26. The summed E-state index contributed by atoms with van der Waals surface area (Å²) in [7, 11) is 0. The second-order valence-electron chi connectivity index (χ2n) is 4.61. The Morgan fingerprint density at radius 3 is 2.76 bits per heavy atom. The summed E-state index contributed by atoms with van der Waals surface area (Å²) in [6.07, 6.45) is 3.90. The molecule has 1 aliphatic carbocycles. The number of rotatable bonds is 3. The predicted octanol–water partition coefficient (Wildman–Crippen LogP) is 1.01. The van der Waals surface area contributed by atoms with Crippen molar-refractivity contribution in [2.24, 2.45) is 5.92 Å². The Bertz CT molecular complexity index is 422. The molecule has 0 saturated heterocycles. The summed E-state index contributed by atoms with van der Waals surface area (Å²) in [6, 6.07) is 1.38. The molecule has 0 aromatic carbocycles. The van der Waals surface area contributed by atoms with Gasteiger partial charge in [0, 0.05) is 6.61 Å². The number of aryl methyl sites for hydroxylation is 1. The number of nitrogens with zero attached hydrogens (tertiary/aromatic N) is 1. The number of aromatic nitrogens is 2. The molecule has 0 bridgehead atoms. The molecule has 1 fully saturated rings. The average Bonchev–Trinajstić information content (AvgIpc) is 2.28. The molecule has 17 heavy (non-hydrogen) atoms. The predicted molar refractivity (Wildman–Crippen MR) is 63.1 cm³/mol. The van der Waals surface area contributed by atoms with Crippen LogP contribution in [-0.2, 0) is 0 Å². The van der Waals surface area contributed by atoms with E-state index in [4.69, 9.17) is 9.84 Å². The smallest absolute Gasteiger partial charge is 0.254 e. The number of ether oxygens (including phenoxy) is 1. The number of aliphatic hydroxyl groups excluding tert-OH is 1. The van der Waals surface area contributed by atoms with E-state index in [1.54, 1.807) is 6.92 Å². The second kappa shape index (κ2) is 5.31. The minimum atomic E-state index is -0.184. The molecule has 0 atom stereocenters. The van der Waals surface area contributed by atoms with Crippen LogP contribution in [0.15, 0.2) is 10.9 Å². The van der Waals surface area contributed by atoms with Crippen LogP contribution in [0.2, 0.25) is 0 Å². The van der Waals surface area contributed by atoms with Gasteiger partial charge in [0.2, 0.25) is 5.88 Å². The van der Waals surface area contributed by atoms with Gasteiger partial charge in [0.1, 0.15) is 11.9 Å². The molecular formula is C12H18N2O3. The molecule has 0 spiro atoms. The normalized spacial score (nSPS) is 24.6. The van der Waals surface area contributed by atoms with E-state index in [9.17, 15) is 4.79 Å². The Balaban J connectivity index is 1.95. The molecule has 1 aliphatic rings. The van der Waals surface area contributed by atoms with Crippen LogP contribution in [0.25, 0.3) is 0 Å². The van der Waals surface area contributed by atoms with Gasteiger partial charge in [0.05, 0.1) is 6.07 Å². The molecule has 1 aromatic rings. The molecule has 0 aliphatic heterocycles. The van der Waals surface area contributed by atoms with Gasteiger partial charge in [0.25, 0.3) is 5.56 Å². The van der Waals surface area contributed by atoms with E-state index in [-0.39, 0.29) is 18.3 Å². The highest BCUT2D eigenvalue weighted by Gasteiger charge is 2.22. The van der Waals surface area contributed by atoms with Crippen LogP contribution in [0.5, 0.6) is 5.88 Å². The summed E-state index contributed by atoms with van der Waals surface area (Å²) in [6.45, 7) is 1.99. The largest absolute Gasteiger partial charge is 0.474 e. The Hall–Kier alpha value is -1.36. The van der Waals surface area contributed by atoms with Crippen LogP contribution in [0.3, 0.4) is 0 Å². The lowest BCUT2D eigenvalue weighted by Gasteiger charge is -2.27. The van der Waals surface area contributed by atoms with E-state index in [1.807, 2.05) is 0 Å². The zero-order chi connectivity index (χ0) is 12.3. The highest BCUT2D eigenvalue weighted by molar-refractivity contribution is 5.08. The van der Waals surface area contributed by atoms with Gasteiger partial charge in [0.15, 0.2) is 0 Å². The van der Waals surface area contributed by atoms with Gasteiger partial charge in [-0.2, -0.15) is 0 Å². The van der Waals surface area contributed by atoms with Crippen LogP contribution in [0.1, 0.15) is 31.5 Å². The maximum absolute atomic E-state index is 11.2. The summed E-state index contributed by atoms with van der Waals surface area (Å²) in [5.74, 6) is 1.37. The molecule has 0 amide bonds. The van der Waals surface area contributed by atoms with Crippen molar-refractivity contribution in [3.05, 3.63) is 22.2 Å². The van der Waals surface area contributed by atoms with Crippen molar-refractivity contribution in [3.8, 4) is 5.88 Å². The van der Waals surface area contributed by atoms with Crippen molar-refractivity contribution < 1.29 is 9.84 Å². The standard InChI is InChI=1S/C12H18N2O3/c1-8-13-11(16)6-12(14-8)17-10-4-2-9(7-15)3-5-10/h6,9-10,15H,2-5,7H2,1H3,(H,13,14,16). The molecule has 2 N–H and O–H groups in total. The maximum Gasteiger partial charge on any atom is 0.254 e. The van der Waals surface area contributed by atoms with E-state index in [0.29, 0.717) is 17.6 Å². The first kappa shape index (κ1) is 12.1. The molecule has 0 unspecified atom stereocenters. The van der Waals surface area contributed by atoms with E-state index < -0.39 is 0 Å². The number of H-pyrrole nitrogens is 1. The van der Waals surface area contributed by atoms with E-state index in [0.717, 1.165) is 25.7 Å². The Morgan fingerprint density at radius 2 is 2.18 bits per heavy atom. The van der Waals surface area contributed by atoms with Crippen molar-refractivity contribution >= 4 is 0 Å². The van der Waals surface area contributed by atoms with Gasteiger partial charge < -0.3 is 14.8 Å². The Kier molecular flexibility index (Phi) is 3.78. The molecule has 5 heteroatoms. The number of nitrogens with one attached hydrogen (secondary N) is 1. The minimum Gasteiger partial charge on any atom is -0.474 e. The third-order valence-electron chi connectivity index (χ3n) is 3.18. The van der Waals surface area contributed by atoms with Gasteiger partial charge in [-0.15, -0.1) is 0 Å². The van der Waals surface area contributed by atoms with Crippen LogP contribution in [0.4, 0.5) is 0 Å². The maximum atomic E-state index is 11.2. The van der Waals surface area contributed by atoms with Crippen LogP contribution in [0, 0.1) is 12.8 Å². The monoisotopic (exact) mass is 238 g/mol. The Labute approximate surface area is 99.9 Å². The Morgan fingerprint density at radius 1 is 1.47 bits per heavy atom. The lowest BCUT2D eigenvalue weighted by atomic mass is 9.88. The van der Waals surface area contributed by atoms with E-state index in [2.05, 4.69) is 9.97 Å². The zero-order valence-corrected chi connectivity index (χ0v) is 9.98. The average molecular weight is 238 g/mol. The molecule has 2 rings (SSSR count). The molecule has 0 radical (unpaired) electrons. The summed E-state index contributed by atoms with van der Waals surface area (Å²) in [5.41, 5.74) is -0.184. The number of aliphatic hydroxyl groups is 1. The molecule has 5 nitrogen and oxygen atoms in total. The van der Waals surface area contributed by atoms with E-state index in [1.165, 1.54) is 6.07 Å². The van der Waals surface area contributed by atoms with E-state index >= 15 is 0 Å². The zero-order valence-electron chi connectivity index (χ0n) is 9.98. The summed E-state index contributed by atoms with van der Waals surface area (Å²) < 4.78 is 5.70. The highest BCUT2D eigenvalue weighted by Crippen LogP contribution is 2.26. The third-order valence-corrected chi connectivity index (χ3v) is 3.18. The number of aromatic amines is 1. The van der Waals surface area contributed by atoms with Crippen molar-refractivity contribution in [3.63, 3.8) is 0 Å². The van der Waals surface area contributed by atoms with Gasteiger partial charge in [-0.3, -0.25) is 4.79 Å². The van der Waals surface area contributed by atoms with Gasteiger partial charge in [-0.05, 0) is 38.5 Å². The first-order valence-electron chi connectivity index (χ1n) is 6.03.